The number of carbonyl (C=O) groups is 1. The molecule has 3 rings (SSSR count). The lowest BCUT2D eigenvalue weighted by Gasteiger charge is -2.08. The predicted octanol–water partition coefficient (Wildman–Crippen LogP) is 2.71. The summed E-state index contributed by atoms with van der Waals surface area (Å²) in [6.45, 7) is 3.90. The summed E-state index contributed by atoms with van der Waals surface area (Å²) in [5.74, 6) is -0.445. The number of nitrogen functional groups attached to an aromatic ring is 1. The average Bonchev–Trinajstić information content (AvgIpc) is 3.06. The summed E-state index contributed by atoms with van der Waals surface area (Å²) in [6.07, 6.45) is 0. The smallest absolute Gasteiger partial charge is 0.362 e. The lowest BCUT2D eigenvalue weighted by Crippen LogP contribution is -2.29. The van der Waals surface area contributed by atoms with Crippen LogP contribution in [0.2, 0.25) is 0 Å². The first-order chi connectivity index (χ1) is 12.5. The van der Waals surface area contributed by atoms with Crippen molar-refractivity contribution in [2.24, 2.45) is 4.99 Å². The maximum atomic E-state index is 12.2. The number of nitrogens with two attached hydrogens (primary N) is 1. The largest absolute Gasteiger partial charge is 0.379 e. The molecule has 0 saturated heterocycles. The highest BCUT2D eigenvalue weighted by atomic mass is 16.7. The van der Waals surface area contributed by atoms with Gasteiger partial charge in [-0.15, -0.1) is 0 Å². The maximum absolute atomic E-state index is 12.2. The fourth-order valence-electron chi connectivity index (χ4n) is 2.08. The molecule has 0 aliphatic rings. The van der Waals surface area contributed by atoms with E-state index in [-0.39, 0.29) is 17.3 Å². The summed E-state index contributed by atoms with van der Waals surface area (Å²) in [5.41, 5.74) is 11.5. The zero-order valence-corrected chi connectivity index (χ0v) is 14.3. The lowest BCUT2D eigenvalue weighted by molar-refractivity contribution is 0.0387. The molecule has 0 amide bonds. The van der Waals surface area contributed by atoms with Gasteiger partial charge in [-0.3, -0.25) is 0 Å². The van der Waals surface area contributed by atoms with Crippen molar-refractivity contribution in [3.05, 3.63) is 70.9 Å². The third kappa shape index (κ3) is 4.04. The van der Waals surface area contributed by atoms with Crippen LogP contribution >= 0.6 is 0 Å². The molecule has 0 radical (unpaired) electrons. The Morgan fingerprint density at radius 3 is 2.23 bits per heavy atom. The van der Waals surface area contributed by atoms with Gasteiger partial charge in [0.25, 0.3) is 0 Å². The van der Waals surface area contributed by atoms with Gasteiger partial charge in [0, 0.05) is 0 Å². The van der Waals surface area contributed by atoms with E-state index in [1.807, 2.05) is 50.2 Å². The molecular weight excluding hydrogens is 334 g/mol. The van der Waals surface area contributed by atoms with E-state index in [2.05, 4.69) is 25.4 Å². The van der Waals surface area contributed by atoms with E-state index in [4.69, 9.17) is 10.6 Å². The molecule has 0 spiro atoms. The van der Waals surface area contributed by atoms with Crippen LogP contribution in [0.1, 0.15) is 27.2 Å². The third-order valence-electron chi connectivity index (χ3n) is 3.54. The van der Waals surface area contributed by atoms with Crippen molar-refractivity contribution >= 4 is 23.3 Å². The number of hydrogen-bond acceptors (Lipinski definition) is 7. The number of nitrogens with one attached hydrogen (secondary N) is 1. The van der Waals surface area contributed by atoms with Crippen LogP contribution < -0.4 is 11.2 Å². The number of aromatic nitrogens is 2. The summed E-state index contributed by atoms with van der Waals surface area (Å²) >= 11 is 0. The zero-order valence-electron chi connectivity index (χ0n) is 14.3. The maximum Gasteiger partial charge on any atom is 0.362 e. The first-order valence-electron chi connectivity index (χ1n) is 7.80. The van der Waals surface area contributed by atoms with E-state index in [1.54, 1.807) is 12.1 Å². The van der Waals surface area contributed by atoms with Gasteiger partial charge in [0.05, 0.1) is 11.3 Å². The predicted molar refractivity (Wildman–Crippen MR) is 95.8 cm³/mol. The number of rotatable bonds is 3. The minimum absolute atomic E-state index is 0.0229. The van der Waals surface area contributed by atoms with E-state index in [0.29, 0.717) is 11.3 Å². The third-order valence-corrected chi connectivity index (χ3v) is 3.54. The molecule has 3 N–H and O–H groups in total. The van der Waals surface area contributed by atoms with Crippen LogP contribution in [0.25, 0.3) is 0 Å². The van der Waals surface area contributed by atoms with Crippen molar-refractivity contribution < 1.29 is 14.3 Å². The van der Waals surface area contributed by atoms with E-state index in [9.17, 15) is 4.79 Å². The second-order valence-electron chi connectivity index (χ2n) is 5.65. The molecule has 1 aromatic heterocycles. The lowest BCUT2D eigenvalue weighted by atomic mass is 10.2. The summed E-state index contributed by atoms with van der Waals surface area (Å²) in [7, 11) is 0. The van der Waals surface area contributed by atoms with Gasteiger partial charge in [0.15, 0.2) is 17.3 Å². The molecule has 8 heteroatoms. The van der Waals surface area contributed by atoms with Gasteiger partial charge < -0.3 is 10.6 Å². The fraction of sp³-hybridized carbons (Fsp3) is 0.111. The molecule has 26 heavy (non-hydrogen) atoms. The van der Waals surface area contributed by atoms with Gasteiger partial charge >= 0.3 is 5.97 Å². The highest BCUT2D eigenvalue weighted by Gasteiger charge is 2.17. The molecule has 0 fully saturated rings. The Hall–Kier alpha value is -3.68. The molecule has 8 nitrogen and oxygen atoms in total. The summed E-state index contributed by atoms with van der Waals surface area (Å²) < 4.78 is 4.60. The minimum Gasteiger partial charge on any atom is -0.379 e. The molecular formula is C18H17N5O3. The second kappa shape index (κ2) is 7.47. The van der Waals surface area contributed by atoms with Crippen LogP contribution in [-0.4, -0.2) is 22.1 Å². The summed E-state index contributed by atoms with van der Waals surface area (Å²) in [5, 5.41) is 7.21. The van der Waals surface area contributed by atoms with Crippen LogP contribution in [0.3, 0.4) is 0 Å². The molecule has 0 bridgehead atoms. The van der Waals surface area contributed by atoms with Gasteiger partial charge in [-0.25, -0.2) is 14.4 Å². The van der Waals surface area contributed by atoms with E-state index >= 15 is 0 Å². The van der Waals surface area contributed by atoms with Gasteiger partial charge in [-0.2, -0.15) is 5.48 Å². The van der Waals surface area contributed by atoms with Crippen LogP contribution in [0.4, 0.5) is 11.5 Å². The second-order valence-corrected chi connectivity index (χ2v) is 5.65. The number of hydroxylamine groups is 1. The number of nitrogens with zero attached hydrogens (tertiary/aromatic N) is 3. The molecule has 2 aromatic carbocycles. The molecule has 0 saturated carbocycles. The molecule has 1 heterocycles. The van der Waals surface area contributed by atoms with Crippen LogP contribution in [-0.2, 0) is 4.84 Å². The topological polar surface area (TPSA) is 116 Å². The first kappa shape index (κ1) is 17.2. The summed E-state index contributed by atoms with van der Waals surface area (Å²) in [4.78, 5) is 21.7. The van der Waals surface area contributed by atoms with Crippen molar-refractivity contribution in [2.75, 3.05) is 5.73 Å². The number of benzene rings is 2. The van der Waals surface area contributed by atoms with Gasteiger partial charge in [0.2, 0.25) is 0 Å². The SMILES string of the molecule is Cc1ccc(N=C(NOC(=O)c2ccc(C)cc2)c2nonc2N)cc1. The molecule has 0 atom stereocenters. The van der Waals surface area contributed by atoms with Crippen molar-refractivity contribution in [3.8, 4) is 0 Å². The Labute approximate surface area is 149 Å². The Kier molecular flexibility index (Phi) is 4.93. The number of hydrogen-bond donors (Lipinski definition) is 2. The molecule has 132 valence electrons. The first-order valence-corrected chi connectivity index (χ1v) is 7.80. The van der Waals surface area contributed by atoms with Crippen molar-refractivity contribution in [1.82, 2.24) is 15.8 Å². The van der Waals surface area contributed by atoms with Crippen molar-refractivity contribution in [3.63, 3.8) is 0 Å². The Morgan fingerprint density at radius 2 is 1.65 bits per heavy atom. The molecule has 3 aromatic rings. The zero-order chi connectivity index (χ0) is 18.5. The monoisotopic (exact) mass is 351 g/mol. The minimum atomic E-state index is -0.573. The molecule has 0 unspecified atom stereocenters. The average molecular weight is 351 g/mol. The van der Waals surface area contributed by atoms with Gasteiger partial charge in [0.1, 0.15) is 0 Å². The number of amidine groups is 1. The highest BCUT2D eigenvalue weighted by Crippen LogP contribution is 2.15. The van der Waals surface area contributed by atoms with Crippen LogP contribution in [0.5, 0.6) is 0 Å². The van der Waals surface area contributed by atoms with Crippen LogP contribution in [0, 0.1) is 13.8 Å². The quantitative estimate of drug-likeness (QED) is 0.423. The Balaban J connectivity index is 1.82. The normalized spacial score (nSPS) is 11.2. The van der Waals surface area contributed by atoms with Gasteiger partial charge in [-0.05, 0) is 48.4 Å². The van der Waals surface area contributed by atoms with Gasteiger partial charge in [-0.1, -0.05) is 35.4 Å². The van der Waals surface area contributed by atoms with Crippen molar-refractivity contribution in [1.29, 1.82) is 0 Å². The van der Waals surface area contributed by atoms with E-state index in [0.717, 1.165) is 11.1 Å². The summed E-state index contributed by atoms with van der Waals surface area (Å²) in [6, 6.07) is 14.4. The number of anilines is 1. The van der Waals surface area contributed by atoms with E-state index in [1.165, 1.54) is 0 Å². The number of aryl methyl sites for hydroxylation is 2. The highest BCUT2D eigenvalue weighted by molar-refractivity contribution is 6.02. The van der Waals surface area contributed by atoms with E-state index < -0.39 is 5.97 Å². The standard InChI is InChI=1S/C18H17N5O3/c1-11-3-7-13(8-4-11)18(24)25-23-17(15-16(19)22-26-21-15)20-14-9-5-12(2)6-10-14/h3-10H,1-2H3,(H2,19,22)(H,20,23). The molecule has 0 aliphatic heterocycles. The Bertz CT molecular complexity index is 930. The number of carbonyl (C=O) groups excluding carboxylic acids is 1. The molecule has 0 aliphatic carbocycles. The Morgan fingerprint density at radius 1 is 1.04 bits per heavy atom. The number of aliphatic imine (C=N–C) groups is 1. The fourth-order valence-corrected chi connectivity index (χ4v) is 2.08. The van der Waals surface area contributed by atoms with Crippen LogP contribution in [0.15, 0.2) is 58.2 Å². The van der Waals surface area contributed by atoms with Crippen molar-refractivity contribution in [2.45, 2.75) is 13.8 Å².